The topological polar surface area (TPSA) is 22.1 Å². The Morgan fingerprint density at radius 2 is 2.55 bits per heavy atom. The molecule has 2 heteroatoms. The summed E-state index contributed by atoms with van der Waals surface area (Å²) in [4.78, 5) is 4.07. The van der Waals surface area contributed by atoms with Crippen molar-refractivity contribution in [2.45, 2.75) is 6.61 Å². The monoisotopic (exact) mass is 149 g/mol. The largest absolute Gasteiger partial charge is 0.380 e. The van der Waals surface area contributed by atoms with Crippen LogP contribution in [0.3, 0.4) is 0 Å². The number of aromatic nitrogens is 1. The van der Waals surface area contributed by atoms with Gasteiger partial charge in [0.05, 0.1) is 12.3 Å². The standard InChI is InChI=1S/C9H11NO/c1-3-9-6-8(7-11-2)4-5-10-9/h3-6H,1,7H2,2H3. The molecule has 0 N–H and O–H groups in total. The number of pyridine rings is 1. The Balaban J connectivity index is 2.82. The maximum atomic E-state index is 4.97. The van der Waals surface area contributed by atoms with Crippen molar-refractivity contribution in [2.24, 2.45) is 0 Å². The van der Waals surface area contributed by atoms with Crippen molar-refractivity contribution < 1.29 is 4.74 Å². The Bertz CT molecular complexity index is 245. The predicted octanol–water partition coefficient (Wildman–Crippen LogP) is 1.87. The smallest absolute Gasteiger partial charge is 0.0714 e. The molecule has 0 bridgehead atoms. The van der Waals surface area contributed by atoms with Gasteiger partial charge in [0.2, 0.25) is 0 Å². The molecule has 1 aromatic heterocycles. The van der Waals surface area contributed by atoms with Crippen LogP contribution in [0.15, 0.2) is 24.9 Å². The minimum atomic E-state index is 0.628. The summed E-state index contributed by atoms with van der Waals surface area (Å²) in [5, 5.41) is 0. The second-order valence-electron chi connectivity index (χ2n) is 2.23. The second-order valence-corrected chi connectivity index (χ2v) is 2.23. The van der Waals surface area contributed by atoms with Crippen LogP contribution in [0.25, 0.3) is 6.08 Å². The first-order valence-electron chi connectivity index (χ1n) is 3.43. The van der Waals surface area contributed by atoms with Crippen molar-refractivity contribution >= 4 is 6.08 Å². The number of ether oxygens (including phenoxy) is 1. The molecule has 2 nitrogen and oxygen atoms in total. The maximum absolute atomic E-state index is 4.97. The predicted molar refractivity (Wildman–Crippen MR) is 45.0 cm³/mol. The Morgan fingerprint density at radius 1 is 1.73 bits per heavy atom. The molecular weight excluding hydrogens is 138 g/mol. The fourth-order valence-corrected chi connectivity index (χ4v) is 0.862. The summed E-state index contributed by atoms with van der Waals surface area (Å²) in [5.74, 6) is 0. The number of hydrogen-bond acceptors (Lipinski definition) is 2. The van der Waals surface area contributed by atoms with Crippen LogP contribution in [0.1, 0.15) is 11.3 Å². The number of rotatable bonds is 3. The lowest BCUT2D eigenvalue weighted by Crippen LogP contribution is -1.89. The maximum Gasteiger partial charge on any atom is 0.0714 e. The van der Waals surface area contributed by atoms with E-state index in [9.17, 15) is 0 Å². The van der Waals surface area contributed by atoms with Crippen LogP contribution in [-0.4, -0.2) is 12.1 Å². The SMILES string of the molecule is C=Cc1cc(COC)ccn1. The highest BCUT2D eigenvalue weighted by molar-refractivity contribution is 5.42. The van der Waals surface area contributed by atoms with E-state index in [2.05, 4.69) is 11.6 Å². The average molecular weight is 149 g/mol. The van der Waals surface area contributed by atoms with E-state index in [0.717, 1.165) is 11.3 Å². The summed E-state index contributed by atoms with van der Waals surface area (Å²) in [5.41, 5.74) is 2.01. The summed E-state index contributed by atoms with van der Waals surface area (Å²) in [7, 11) is 1.67. The molecule has 0 atom stereocenters. The van der Waals surface area contributed by atoms with Gasteiger partial charge in [0.25, 0.3) is 0 Å². The van der Waals surface area contributed by atoms with E-state index in [-0.39, 0.29) is 0 Å². The van der Waals surface area contributed by atoms with Gasteiger partial charge >= 0.3 is 0 Å². The fourth-order valence-electron chi connectivity index (χ4n) is 0.862. The highest BCUT2D eigenvalue weighted by Crippen LogP contribution is 2.03. The van der Waals surface area contributed by atoms with E-state index in [1.54, 1.807) is 19.4 Å². The van der Waals surface area contributed by atoms with Crippen LogP contribution in [-0.2, 0) is 11.3 Å². The van der Waals surface area contributed by atoms with Crippen molar-refractivity contribution in [3.63, 3.8) is 0 Å². The van der Waals surface area contributed by atoms with Gasteiger partial charge in [0.15, 0.2) is 0 Å². The first kappa shape index (κ1) is 7.95. The van der Waals surface area contributed by atoms with Gasteiger partial charge in [0, 0.05) is 13.3 Å². The van der Waals surface area contributed by atoms with E-state index in [1.807, 2.05) is 12.1 Å². The number of methoxy groups -OCH3 is 1. The molecule has 0 aromatic carbocycles. The van der Waals surface area contributed by atoms with Gasteiger partial charge in [0.1, 0.15) is 0 Å². The van der Waals surface area contributed by atoms with Crippen molar-refractivity contribution in [3.05, 3.63) is 36.2 Å². The zero-order valence-corrected chi connectivity index (χ0v) is 6.58. The summed E-state index contributed by atoms with van der Waals surface area (Å²) >= 11 is 0. The van der Waals surface area contributed by atoms with E-state index in [4.69, 9.17) is 4.74 Å². The van der Waals surface area contributed by atoms with Crippen molar-refractivity contribution in [2.75, 3.05) is 7.11 Å². The second kappa shape index (κ2) is 3.88. The first-order chi connectivity index (χ1) is 5.36. The highest BCUT2D eigenvalue weighted by Gasteiger charge is 1.91. The molecule has 11 heavy (non-hydrogen) atoms. The Hall–Kier alpha value is -1.15. The molecule has 0 aliphatic rings. The lowest BCUT2D eigenvalue weighted by atomic mass is 10.2. The normalized spacial score (nSPS) is 9.55. The van der Waals surface area contributed by atoms with Crippen molar-refractivity contribution in [3.8, 4) is 0 Å². The Morgan fingerprint density at radius 3 is 3.18 bits per heavy atom. The average Bonchev–Trinajstić information content (AvgIpc) is 2.06. The molecule has 0 unspecified atom stereocenters. The summed E-state index contributed by atoms with van der Waals surface area (Å²) in [6, 6.07) is 3.88. The lowest BCUT2D eigenvalue weighted by molar-refractivity contribution is 0.185. The van der Waals surface area contributed by atoms with E-state index in [0.29, 0.717) is 6.61 Å². The summed E-state index contributed by atoms with van der Waals surface area (Å²) in [6.45, 7) is 4.26. The first-order valence-corrected chi connectivity index (χ1v) is 3.43. The Labute approximate surface area is 66.5 Å². The summed E-state index contributed by atoms with van der Waals surface area (Å²) < 4.78 is 4.97. The fraction of sp³-hybridized carbons (Fsp3) is 0.222. The number of nitrogens with zero attached hydrogens (tertiary/aromatic N) is 1. The molecule has 0 aliphatic carbocycles. The van der Waals surface area contributed by atoms with E-state index in [1.165, 1.54) is 0 Å². The van der Waals surface area contributed by atoms with Crippen LogP contribution in [0.4, 0.5) is 0 Å². The van der Waals surface area contributed by atoms with Crippen LogP contribution in [0.5, 0.6) is 0 Å². The molecule has 1 rings (SSSR count). The quantitative estimate of drug-likeness (QED) is 0.654. The molecule has 0 saturated carbocycles. The van der Waals surface area contributed by atoms with Gasteiger partial charge in [-0.2, -0.15) is 0 Å². The zero-order chi connectivity index (χ0) is 8.10. The van der Waals surface area contributed by atoms with Crippen LogP contribution >= 0.6 is 0 Å². The molecule has 0 radical (unpaired) electrons. The van der Waals surface area contributed by atoms with Crippen molar-refractivity contribution in [1.82, 2.24) is 4.98 Å². The molecule has 1 aromatic rings. The molecule has 0 spiro atoms. The molecule has 0 fully saturated rings. The summed E-state index contributed by atoms with van der Waals surface area (Å²) in [6.07, 6.45) is 3.48. The van der Waals surface area contributed by atoms with Crippen LogP contribution in [0, 0.1) is 0 Å². The molecule has 1 heterocycles. The van der Waals surface area contributed by atoms with Crippen LogP contribution < -0.4 is 0 Å². The van der Waals surface area contributed by atoms with Gasteiger partial charge in [-0.3, -0.25) is 4.98 Å². The zero-order valence-electron chi connectivity index (χ0n) is 6.58. The molecular formula is C9H11NO. The van der Waals surface area contributed by atoms with Crippen molar-refractivity contribution in [1.29, 1.82) is 0 Å². The minimum absolute atomic E-state index is 0.628. The minimum Gasteiger partial charge on any atom is -0.380 e. The third-order valence-corrected chi connectivity index (χ3v) is 1.37. The molecule has 0 amide bonds. The highest BCUT2D eigenvalue weighted by atomic mass is 16.5. The third-order valence-electron chi connectivity index (χ3n) is 1.37. The van der Waals surface area contributed by atoms with Gasteiger partial charge in [-0.25, -0.2) is 0 Å². The van der Waals surface area contributed by atoms with Crippen LogP contribution in [0.2, 0.25) is 0 Å². The van der Waals surface area contributed by atoms with Gasteiger partial charge in [-0.1, -0.05) is 6.58 Å². The Kier molecular flexibility index (Phi) is 2.81. The third kappa shape index (κ3) is 2.16. The molecule has 0 aliphatic heterocycles. The number of hydrogen-bond donors (Lipinski definition) is 0. The molecule has 58 valence electrons. The van der Waals surface area contributed by atoms with Gasteiger partial charge < -0.3 is 4.74 Å². The van der Waals surface area contributed by atoms with E-state index < -0.39 is 0 Å². The lowest BCUT2D eigenvalue weighted by Gasteiger charge is -1.98. The van der Waals surface area contributed by atoms with Gasteiger partial charge in [-0.15, -0.1) is 0 Å². The van der Waals surface area contributed by atoms with Gasteiger partial charge in [-0.05, 0) is 23.8 Å². The van der Waals surface area contributed by atoms with E-state index >= 15 is 0 Å². The molecule has 0 saturated heterocycles.